The first-order valence-electron chi connectivity index (χ1n) is 5.60. The Bertz CT molecular complexity index is 440. The number of carbonyl (C=O) groups is 2. The number of aromatic nitrogens is 2. The van der Waals surface area contributed by atoms with Crippen LogP contribution in [0, 0.1) is 0 Å². The van der Waals surface area contributed by atoms with Crippen molar-refractivity contribution in [1.29, 1.82) is 0 Å². The first-order chi connectivity index (χ1) is 8.06. The predicted octanol–water partition coefficient (Wildman–Crippen LogP) is -0.343. The molecule has 1 aromatic heterocycles. The van der Waals surface area contributed by atoms with Crippen LogP contribution in [-0.2, 0) is 23.2 Å². The smallest absolute Gasteiger partial charge is 0.242 e. The summed E-state index contributed by atoms with van der Waals surface area (Å²) in [5, 5.41) is 6.66. The molecule has 6 heteroatoms. The number of rotatable bonds is 2. The van der Waals surface area contributed by atoms with Gasteiger partial charge in [-0.3, -0.25) is 14.3 Å². The zero-order chi connectivity index (χ0) is 12.4. The zero-order valence-electron chi connectivity index (χ0n) is 10.0. The molecule has 1 saturated heterocycles. The van der Waals surface area contributed by atoms with Crippen molar-refractivity contribution in [3.05, 3.63) is 18.0 Å². The molecule has 6 nitrogen and oxygen atoms in total. The second-order valence-electron chi connectivity index (χ2n) is 4.37. The molecule has 2 heterocycles. The quantitative estimate of drug-likeness (QED) is 0.763. The summed E-state index contributed by atoms with van der Waals surface area (Å²) in [5.41, 5.74) is 0.974. The van der Waals surface area contributed by atoms with Crippen molar-refractivity contribution in [1.82, 2.24) is 20.0 Å². The minimum atomic E-state index is -0.0785. The molecule has 1 fully saturated rings. The highest BCUT2D eigenvalue weighted by Gasteiger charge is 2.26. The Labute approximate surface area is 99.6 Å². The molecular formula is C11H16N4O2. The van der Waals surface area contributed by atoms with Crippen molar-refractivity contribution >= 4 is 11.8 Å². The molecule has 2 amide bonds. The van der Waals surface area contributed by atoms with Gasteiger partial charge in [0.05, 0.1) is 12.7 Å². The van der Waals surface area contributed by atoms with Gasteiger partial charge in [-0.15, -0.1) is 0 Å². The van der Waals surface area contributed by atoms with Gasteiger partial charge in [-0.1, -0.05) is 0 Å². The molecule has 92 valence electrons. The van der Waals surface area contributed by atoms with E-state index >= 15 is 0 Å². The van der Waals surface area contributed by atoms with Gasteiger partial charge < -0.3 is 10.2 Å². The lowest BCUT2D eigenvalue weighted by atomic mass is 10.2. The van der Waals surface area contributed by atoms with Crippen LogP contribution in [0.25, 0.3) is 0 Å². The van der Waals surface area contributed by atoms with E-state index in [2.05, 4.69) is 10.4 Å². The summed E-state index contributed by atoms with van der Waals surface area (Å²) in [5.74, 6) is -0.119. The highest BCUT2D eigenvalue weighted by Crippen LogP contribution is 2.12. The SMILES string of the molecule is CC1CC(=O)NCC(=O)N1Cc1cnn(C)c1. The van der Waals surface area contributed by atoms with E-state index in [1.807, 2.05) is 20.2 Å². The monoisotopic (exact) mass is 236 g/mol. The molecular weight excluding hydrogens is 220 g/mol. The van der Waals surface area contributed by atoms with Gasteiger partial charge in [0.25, 0.3) is 0 Å². The average Bonchev–Trinajstić information content (AvgIpc) is 2.63. The Hall–Kier alpha value is -1.85. The minimum Gasteiger partial charge on any atom is -0.347 e. The summed E-state index contributed by atoms with van der Waals surface area (Å²) in [6.45, 7) is 2.48. The van der Waals surface area contributed by atoms with Gasteiger partial charge in [-0.25, -0.2) is 0 Å². The third-order valence-electron chi connectivity index (χ3n) is 2.88. The highest BCUT2D eigenvalue weighted by molar-refractivity contribution is 5.87. The second-order valence-corrected chi connectivity index (χ2v) is 4.37. The fourth-order valence-electron chi connectivity index (χ4n) is 1.97. The van der Waals surface area contributed by atoms with E-state index < -0.39 is 0 Å². The second kappa shape index (κ2) is 4.57. The zero-order valence-corrected chi connectivity index (χ0v) is 10.0. The molecule has 0 aliphatic carbocycles. The first-order valence-corrected chi connectivity index (χ1v) is 5.60. The maximum atomic E-state index is 11.9. The Morgan fingerprint density at radius 2 is 2.29 bits per heavy atom. The van der Waals surface area contributed by atoms with Crippen LogP contribution in [-0.4, -0.2) is 39.1 Å². The molecule has 1 aliphatic rings. The van der Waals surface area contributed by atoms with Crippen molar-refractivity contribution in [3.8, 4) is 0 Å². The van der Waals surface area contributed by atoms with Crippen LogP contribution in [0.15, 0.2) is 12.4 Å². The third-order valence-corrected chi connectivity index (χ3v) is 2.88. The number of carbonyl (C=O) groups excluding carboxylic acids is 2. The summed E-state index contributed by atoms with van der Waals surface area (Å²) >= 11 is 0. The molecule has 1 atom stereocenters. The lowest BCUT2D eigenvalue weighted by Gasteiger charge is -2.25. The van der Waals surface area contributed by atoms with Crippen LogP contribution in [0.2, 0.25) is 0 Å². The molecule has 1 N–H and O–H groups in total. The van der Waals surface area contributed by atoms with Gasteiger partial charge in [0.1, 0.15) is 0 Å². The highest BCUT2D eigenvalue weighted by atomic mass is 16.2. The molecule has 0 spiro atoms. The van der Waals surface area contributed by atoms with E-state index in [-0.39, 0.29) is 24.4 Å². The Morgan fingerprint density at radius 3 is 2.94 bits per heavy atom. The van der Waals surface area contributed by atoms with Crippen LogP contribution in [0.3, 0.4) is 0 Å². The van der Waals surface area contributed by atoms with Gasteiger partial charge >= 0.3 is 0 Å². The lowest BCUT2D eigenvalue weighted by Crippen LogP contribution is -2.38. The molecule has 0 aromatic carbocycles. The lowest BCUT2D eigenvalue weighted by molar-refractivity contribution is -0.132. The van der Waals surface area contributed by atoms with Gasteiger partial charge in [-0.2, -0.15) is 5.10 Å². The maximum absolute atomic E-state index is 11.9. The standard InChI is InChI=1S/C11H16N4O2/c1-8-3-10(16)12-5-11(17)15(8)7-9-4-13-14(2)6-9/h4,6,8H,3,5,7H2,1-2H3,(H,12,16). The fourth-order valence-corrected chi connectivity index (χ4v) is 1.97. The molecule has 2 rings (SSSR count). The number of hydrogen-bond donors (Lipinski definition) is 1. The number of aryl methyl sites for hydroxylation is 1. The fraction of sp³-hybridized carbons (Fsp3) is 0.545. The third kappa shape index (κ3) is 2.64. The summed E-state index contributed by atoms with van der Waals surface area (Å²) < 4.78 is 1.70. The van der Waals surface area contributed by atoms with Gasteiger partial charge in [-0.05, 0) is 6.92 Å². The van der Waals surface area contributed by atoms with Crippen LogP contribution in [0.5, 0.6) is 0 Å². The average molecular weight is 236 g/mol. The van der Waals surface area contributed by atoms with E-state index in [4.69, 9.17) is 0 Å². The normalized spacial score (nSPS) is 21.3. The van der Waals surface area contributed by atoms with Crippen molar-refractivity contribution in [2.75, 3.05) is 6.54 Å². The van der Waals surface area contributed by atoms with E-state index in [0.29, 0.717) is 13.0 Å². The molecule has 0 bridgehead atoms. The Kier molecular flexibility index (Phi) is 3.12. The summed E-state index contributed by atoms with van der Waals surface area (Å²) in [7, 11) is 1.84. The molecule has 0 radical (unpaired) electrons. The summed E-state index contributed by atoms with van der Waals surface area (Å²) in [6, 6.07) is -0.0785. The van der Waals surface area contributed by atoms with E-state index in [9.17, 15) is 9.59 Å². The first kappa shape index (κ1) is 11.6. The number of nitrogens with zero attached hydrogens (tertiary/aromatic N) is 3. The van der Waals surface area contributed by atoms with Crippen molar-refractivity contribution in [2.45, 2.75) is 25.9 Å². The molecule has 1 aromatic rings. The Morgan fingerprint density at radius 1 is 1.53 bits per heavy atom. The number of nitrogens with one attached hydrogen (secondary N) is 1. The van der Waals surface area contributed by atoms with Crippen molar-refractivity contribution in [2.24, 2.45) is 7.05 Å². The van der Waals surface area contributed by atoms with Gasteiger partial charge in [0.15, 0.2) is 0 Å². The van der Waals surface area contributed by atoms with Crippen LogP contribution in [0.1, 0.15) is 18.9 Å². The minimum absolute atomic E-state index is 0.0489. The topological polar surface area (TPSA) is 67.2 Å². The van der Waals surface area contributed by atoms with Crippen molar-refractivity contribution in [3.63, 3.8) is 0 Å². The van der Waals surface area contributed by atoms with Crippen LogP contribution in [0.4, 0.5) is 0 Å². The summed E-state index contributed by atoms with van der Waals surface area (Å²) in [4.78, 5) is 24.9. The molecule has 1 aliphatic heterocycles. The van der Waals surface area contributed by atoms with Crippen molar-refractivity contribution < 1.29 is 9.59 Å². The summed E-state index contributed by atoms with van der Waals surface area (Å²) in [6.07, 6.45) is 3.96. The van der Waals surface area contributed by atoms with E-state index in [1.165, 1.54) is 0 Å². The van der Waals surface area contributed by atoms with E-state index in [1.54, 1.807) is 15.8 Å². The molecule has 1 unspecified atom stereocenters. The predicted molar refractivity (Wildman–Crippen MR) is 60.8 cm³/mol. The van der Waals surface area contributed by atoms with Crippen LogP contribution >= 0.6 is 0 Å². The molecule has 17 heavy (non-hydrogen) atoms. The maximum Gasteiger partial charge on any atom is 0.242 e. The number of hydrogen-bond acceptors (Lipinski definition) is 3. The van der Waals surface area contributed by atoms with Gasteiger partial charge in [0.2, 0.25) is 11.8 Å². The Balaban J connectivity index is 2.12. The molecule has 0 saturated carbocycles. The number of amides is 2. The van der Waals surface area contributed by atoms with E-state index in [0.717, 1.165) is 5.56 Å². The van der Waals surface area contributed by atoms with Crippen LogP contribution < -0.4 is 5.32 Å². The van der Waals surface area contributed by atoms with Gasteiger partial charge in [0, 0.05) is 37.8 Å². The largest absolute Gasteiger partial charge is 0.347 e.